The quantitative estimate of drug-likeness (QED) is 0.900. The molecule has 1 amide bonds. The molecule has 7 heteroatoms. The lowest BCUT2D eigenvalue weighted by atomic mass is 10.1. The van der Waals surface area contributed by atoms with Gasteiger partial charge in [0, 0.05) is 23.8 Å². The van der Waals surface area contributed by atoms with Crippen LogP contribution < -0.4 is 0 Å². The minimum Gasteiger partial charge on any atom is -0.479 e. The monoisotopic (exact) mass is 323 g/mol. The molecular weight excluding hydrogens is 298 g/mol. The van der Waals surface area contributed by atoms with Crippen molar-refractivity contribution in [1.29, 1.82) is 0 Å². The van der Waals surface area contributed by atoms with Crippen molar-refractivity contribution < 1.29 is 19.4 Å². The maximum atomic E-state index is 12.5. The lowest BCUT2D eigenvalue weighted by molar-refractivity contribution is -0.143. The van der Waals surface area contributed by atoms with E-state index in [1.807, 2.05) is 13.8 Å². The molecule has 1 aromatic heterocycles. The molecule has 2 rings (SSSR count). The van der Waals surface area contributed by atoms with Crippen molar-refractivity contribution >= 4 is 12.1 Å². The van der Waals surface area contributed by atoms with Gasteiger partial charge in [0.1, 0.15) is 5.60 Å². The smallest absolute Gasteiger partial charge is 0.411 e. The fourth-order valence-corrected chi connectivity index (χ4v) is 2.33. The third-order valence-corrected chi connectivity index (χ3v) is 3.52. The molecular formula is C16H25N3O4. The molecule has 1 aromatic rings. The van der Waals surface area contributed by atoms with E-state index >= 15 is 0 Å². The summed E-state index contributed by atoms with van der Waals surface area (Å²) in [5.74, 6) is -1.08. The summed E-state index contributed by atoms with van der Waals surface area (Å²) >= 11 is 0. The summed E-state index contributed by atoms with van der Waals surface area (Å²) in [7, 11) is 0. The van der Waals surface area contributed by atoms with E-state index < -0.39 is 23.7 Å². The second-order valence-corrected chi connectivity index (χ2v) is 7.21. The molecule has 0 spiro atoms. The number of carbonyl (C=O) groups excluding carboxylic acids is 1. The van der Waals surface area contributed by atoms with Crippen LogP contribution in [0.1, 0.15) is 65.1 Å². The Labute approximate surface area is 136 Å². The Morgan fingerprint density at radius 3 is 2.39 bits per heavy atom. The van der Waals surface area contributed by atoms with Gasteiger partial charge in [-0.3, -0.25) is 9.58 Å². The van der Waals surface area contributed by atoms with Gasteiger partial charge in [0.25, 0.3) is 0 Å². The third kappa shape index (κ3) is 4.24. The number of carbonyl (C=O) groups is 2. The summed E-state index contributed by atoms with van der Waals surface area (Å²) in [4.78, 5) is 25.7. The number of aliphatic carboxylic acids is 1. The number of rotatable bonds is 5. The maximum Gasteiger partial charge on any atom is 0.411 e. The lowest BCUT2D eigenvalue weighted by Crippen LogP contribution is -2.43. The summed E-state index contributed by atoms with van der Waals surface area (Å²) in [6.07, 6.45) is 4.19. The molecule has 0 aromatic carbocycles. The van der Waals surface area contributed by atoms with Crippen molar-refractivity contribution in [3.63, 3.8) is 0 Å². The number of aromatic nitrogens is 2. The van der Waals surface area contributed by atoms with Crippen molar-refractivity contribution in [2.45, 2.75) is 71.2 Å². The molecule has 23 heavy (non-hydrogen) atoms. The van der Waals surface area contributed by atoms with E-state index in [2.05, 4.69) is 5.10 Å². The summed E-state index contributed by atoms with van der Waals surface area (Å²) in [5, 5.41) is 13.9. The lowest BCUT2D eigenvalue weighted by Gasteiger charge is -2.31. The van der Waals surface area contributed by atoms with Crippen LogP contribution in [0.4, 0.5) is 4.79 Å². The van der Waals surface area contributed by atoms with Gasteiger partial charge in [0.05, 0.1) is 6.20 Å². The van der Waals surface area contributed by atoms with Crippen molar-refractivity contribution in [2.75, 3.05) is 0 Å². The molecule has 0 saturated heterocycles. The van der Waals surface area contributed by atoms with Crippen molar-refractivity contribution in [3.8, 4) is 0 Å². The van der Waals surface area contributed by atoms with E-state index in [1.165, 1.54) is 11.1 Å². The Balaban J connectivity index is 2.31. The summed E-state index contributed by atoms with van der Waals surface area (Å²) in [6.45, 7) is 9.21. The van der Waals surface area contributed by atoms with Crippen LogP contribution in [0.5, 0.6) is 0 Å². The van der Waals surface area contributed by atoms with Gasteiger partial charge in [0.15, 0.2) is 6.04 Å². The Bertz CT molecular complexity index is 584. The number of amides is 1. The van der Waals surface area contributed by atoms with Gasteiger partial charge in [0.2, 0.25) is 0 Å². The zero-order chi connectivity index (χ0) is 17.4. The topological polar surface area (TPSA) is 84.7 Å². The fourth-order valence-electron chi connectivity index (χ4n) is 2.33. The van der Waals surface area contributed by atoms with Gasteiger partial charge in [-0.05, 0) is 47.5 Å². The molecule has 1 N–H and O–H groups in total. The number of carboxylic acid groups (broad SMARTS) is 1. The summed E-state index contributed by atoms with van der Waals surface area (Å²) in [5.41, 5.74) is -0.181. The summed E-state index contributed by atoms with van der Waals surface area (Å²) < 4.78 is 7.09. The number of carboxylic acids is 1. The first-order valence-electron chi connectivity index (χ1n) is 7.88. The molecule has 1 atom stereocenters. The van der Waals surface area contributed by atoms with Crippen LogP contribution >= 0.6 is 0 Å². The van der Waals surface area contributed by atoms with E-state index in [0.29, 0.717) is 5.56 Å². The van der Waals surface area contributed by atoms with Crippen LogP contribution in [0.15, 0.2) is 12.4 Å². The average Bonchev–Trinajstić information content (AvgIpc) is 3.09. The number of nitrogens with zero attached hydrogens (tertiary/aromatic N) is 3. The Morgan fingerprint density at radius 2 is 2.00 bits per heavy atom. The van der Waals surface area contributed by atoms with Crippen molar-refractivity contribution in [1.82, 2.24) is 14.7 Å². The van der Waals surface area contributed by atoms with Gasteiger partial charge in [-0.15, -0.1) is 0 Å². The van der Waals surface area contributed by atoms with Crippen LogP contribution in [0.25, 0.3) is 0 Å². The molecule has 7 nitrogen and oxygen atoms in total. The van der Waals surface area contributed by atoms with Crippen LogP contribution in [-0.2, 0) is 9.53 Å². The van der Waals surface area contributed by atoms with E-state index in [9.17, 15) is 14.7 Å². The van der Waals surface area contributed by atoms with E-state index in [1.54, 1.807) is 31.6 Å². The maximum absolute atomic E-state index is 12.5. The Kier molecular flexibility index (Phi) is 4.68. The highest BCUT2D eigenvalue weighted by atomic mass is 16.6. The van der Waals surface area contributed by atoms with E-state index in [-0.39, 0.29) is 12.1 Å². The van der Waals surface area contributed by atoms with E-state index in [0.717, 1.165) is 12.8 Å². The fraction of sp³-hybridized carbons (Fsp3) is 0.688. The number of hydrogen-bond donors (Lipinski definition) is 1. The predicted molar refractivity (Wildman–Crippen MR) is 84.1 cm³/mol. The largest absolute Gasteiger partial charge is 0.479 e. The molecule has 128 valence electrons. The normalized spacial score (nSPS) is 16.3. The molecule has 1 fully saturated rings. The van der Waals surface area contributed by atoms with Crippen LogP contribution in [0.3, 0.4) is 0 Å². The molecule has 0 bridgehead atoms. The highest BCUT2D eigenvalue weighted by Gasteiger charge is 2.44. The van der Waals surface area contributed by atoms with Crippen LogP contribution in [-0.4, -0.2) is 43.5 Å². The minimum atomic E-state index is -1.08. The van der Waals surface area contributed by atoms with Gasteiger partial charge in [-0.2, -0.15) is 5.10 Å². The van der Waals surface area contributed by atoms with Gasteiger partial charge in [-0.1, -0.05) is 0 Å². The molecule has 1 heterocycles. The molecule has 1 saturated carbocycles. The predicted octanol–water partition coefficient (Wildman–Crippen LogP) is 2.99. The molecule has 1 unspecified atom stereocenters. The first-order valence-corrected chi connectivity index (χ1v) is 7.88. The number of ether oxygens (including phenoxy) is 1. The second-order valence-electron chi connectivity index (χ2n) is 7.21. The zero-order valence-electron chi connectivity index (χ0n) is 14.3. The van der Waals surface area contributed by atoms with Crippen molar-refractivity contribution in [2.24, 2.45) is 0 Å². The summed E-state index contributed by atoms with van der Waals surface area (Å²) in [6, 6.07) is -1.05. The molecule has 0 radical (unpaired) electrons. The SMILES string of the molecule is CC(C)n1cc(C(C(=O)O)N(C(=O)OC(C)(C)C)C2CC2)cn1. The number of hydrogen-bond acceptors (Lipinski definition) is 4. The zero-order valence-corrected chi connectivity index (χ0v) is 14.3. The third-order valence-electron chi connectivity index (χ3n) is 3.52. The Hall–Kier alpha value is -2.05. The van der Waals surface area contributed by atoms with Gasteiger partial charge >= 0.3 is 12.1 Å². The van der Waals surface area contributed by atoms with Crippen LogP contribution in [0, 0.1) is 0 Å². The standard InChI is InChI=1S/C16H25N3O4/c1-10(2)18-9-11(8-17-18)13(14(20)21)19(12-6-7-12)15(22)23-16(3,4)5/h8-10,12-13H,6-7H2,1-5H3,(H,20,21). The highest BCUT2D eigenvalue weighted by Crippen LogP contribution is 2.36. The van der Waals surface area contributed by atoms with Crippen LogP contribution in [0.2, 0.25) is 0 Å². The van der Waals surface area contributed by atoms with Gasteiger partial charge < -0.3 is 9.84 Å². The van der Waals surface area contributed by atoms with E-state index in [4.69, 9.17) is 4.74 Å². The molecule has 1 aliphatic carbocycles. The Morgan fingerprint density at radius 1 is 1.39 bits per heavy atom. The second kappa shape index (κ2) is 6.22. The van der Waals surface area contributed by atoms with Gasteiger partial charge in [-0.25, -0.2) is 9.59 Å². The molecule has 1 aliphatic rings. The highest BCUT2D eigenvalue weighted by molar-refractivity contribution is 5.82. The average molecular weight is 323 g/mol. The first kappa shape index (κ1) is 17.3. The van der Waals surface area contributed by atoms with Crippen molar-refractivity contribution in [3.05, 3.63) is 18.0 Å². The molecule has 0 aliphatic heterocycles. The first-order chi connectivity index (χ1) is 10.6. The minimum absolute atomic E-state index is 0.0895.